The average molecular weight is 341 g/mol. The lowest BCUT2D eigenvalue weighted by molar-refractivity contribution is -0.139. The van der Waals surface area contributed by atoms with Gasteiger partial charge in [-0.3, -0.25) is 14.3 Å². The summed E-state index contributed by atoms with van der Waals surface area (Å²) in [7, 11) is 0. The molecule has 25 heavy (non-hydrogen) atoms. The third-order valence-electron chi connectivity index (χ3n) is 4.50. The monoisotopic (exact) mass is 341 g/mol. The summed E-state index contributed by atoms with van der Waals surface area (Å²) in [5.74, 6) is -0.0175. The minimum atomic E-state index is -0.0356. The maximum Gasteiger partial charge on any atom is 0.246 e. The van der Waals surface area contributed by atoms with Crippen molar-refractivity contribution >= 4 is 17.5 Å². The van der Waals surface area contributed by atoms with Gasteiger partial charge in [-0.1, -0.05) is 17.7 Å². The molecule has 0 saturated carbocycles. The summed E-state index contributed by atoms with van der Waals surface area (Å²) in [6.45, 7) is 5.32. The number of anilines is 1. The summed E-state index contributed by atoms with van der Waals surface area (Å²) in [4.78, 5) is 32.3. The highest BCUT2D eigenvalue weighted by molar-refractivity contribution is 5.98. The second-order valence-electron chi connectivity index (χ2n) is 6.47. The molecule has 2 heterocycles. The second-order valence-corrected chi connectivity index (χ2v) is 6.47. The molecule has 3 rings (SSSR count). The molecular formula is C18H23N5O2. The molecule has 0 aliphatic carbocycles. The van der Waals surface area contributed by atoms with Crippen LogP contribution in [0.3, 0.4) is 0 Å². The largest absolute Gasteiger partial charge is 0.329 e. The van der Waals surface area contributed by atoms with Crippen molar-refractivity contribution in [3.05, 3.63) is 42.5 Å². The summed E-state index contributed by atoms with van der Waals surface area (Å²) in [6, 6.07) is 7.90. The minimum absolute atomic E-state index is 0.00197. The Bertz CT molecular complexity index is 726. The van der Waals surface area contributed by atoms with Crippen LogP contribution in [-0.4, -0.2) is 50.6 Å². The van der Waals surface area contributed by atoms with Gasteiger partial charge in [0.2, 0.25) is 11.8 Å². The zero-order valence-corrected chi connectivity index (χ0v) is 14.6. The first-order valence-corrected chi connectivity index (χ1v) is 8.53. The van der Waals surface area contributed by atoms with Gasteiger partial charge in [-0.2, -0.15) is 5.10 Å². The predicted octanol–water partition coefficient (Wildman–Crippen LogP) is 1.63. The number of hydrogen-bond acceptors (Lipinski definition) is 4. The van der Waals surface area contributed by atoms with E-state index in [-0.39, 0.29) is 24.4 Å². The van der Waals surface area contributed by atoms with Crippen molar-refractivity contribution in [1.82, 2.24) is 19.7 Å². The molecule has 1 atom stereocenters. The summed E-state index contributed by atoms with van der Waals surface area (Å²) in [6.07, 6.45) is 4.20. The molecule has 1 aromatic carbocycles. The third-order valence-corrected chi connectivity index (χ3v) is 4.50. The highest BCUT2D eigenvalue weighted by Gasteiger charge is 2.32. The van der Waals surface area contributed by atoms with Crippen molar-refractivity contribution in [2.24, 2.45) is 0 Å². The standard InChI is InChI=1S/C18H23N5O2/c1-14-5-7-16(8-6-14)23-10-15(2)22(11-18(23)25)17(24)4-3-9-21-13-19-12-20-21/h5-8,12-13,15H,3-4,9-11H2,1-2H3. The Morgan fingerprint density at radius 1 is 1.28 bits per heavy atom. The van der Waals surface area contributed by atoms with Crippen LogP contribution in [0, 0.1) is 6.92 Å². The third kappa shape index (κ3) is 4.04. The number of hydrogen-bond donors (Lipinski definition) is 0. The van der Waals surface area contributed by atoms with E-state index in [9.17, 15) is 9.59 Å². The van der Waals surface area contributed by atoms with E-state index in [1.807, 2.05) is 38.1 Å². The molecule has 0 radical (unpaired) electrons. The smallest absolute Gasteiger partial charge is 0.246 e. The second kappa shape index (κ2) is 7.46. The number of benzene rings is 1. The normalized spacial score (nSPS) is 17.8. The van der Waals surface area contributed by atoms with Gasteiger partial charge in [0.15, 0.2) is 0 Å². The zero-order valence-electron chi connectivity index (χ0n) is 14.6. The molecule has 1 aliphatic rings. The Kier molecular flexibility index (Phi) is 5.11. The minimum Gasteiger partial charge on any atom is -0.329 e. The quantitative estimate of drug-likeness (QED) is 0.829. The van der Waals surface area contributed by atoms with Gasteiger partial charge >= 0.3 is 0 Å². The van der Waals surface area contributed by atoms with E-state index in [4.69, 9.17) is 0 Å². The molecule has 0 spiro atoms. The molecule has 7 heteroatoms. The van der Waals surface area contributed by atoms with Gasteiger partial charge in [0.1, 0.15) is 19.2 Å². The number of aryl methyl sites for hydroxylation is 2. The Morgan fingerprint density at radius 2 is 2.04 bits per heavy atom. The van der Waals surface area contributed by atoms with E-state index in [1.165, 1.54) is 6.33 Å². The summed E-state index contributed by atoms with van der Waals surface area (Å²) < 4.78 is 1.71. The number of amides is 2. The van der Waals surface area contributed by atoms with Crippen LogP contribution in [0.5, 0.6) is 0 Å². The van der Waals surface area contributed by atoms with Crippen molar-refractivity contribution in [2.75, 3.05) is 18.0 Å². The van der Waals surface area contributed by atoms with E-state index < -0.39 is 0 Å². The Balaban J connectivity index is 1.56. The van der Waals surface area contributed by atoms with Gasteiger partial charge in [-0.25, -0.2) is 4.98 Å². The predicted molar refractivity (Wildman–Crippen MR) is 94.0 cm³/mol. The number of piperazine rings is 1. The fraction of sp³-hybridized carbons (Fsp3) is 0.444. The molecule has 2 amide bonds. The number of rotatable bonds is 5. The summed E-state index contributed by atoms with van der Waals surface area (Å²) in [5.41, 5.74) is 2.05. The van der Waals surface area contributed by atoms with E-state index in [1.54, 1.807) is 20.8 Å². The first kappa shape index (κ1) is 17.1. The molecule has 1 aliphatic heterocycles. The van der Waals surface area contributed by atoms with Crippen LogP contribution in [0.2, 0.25) is 0 Å². The molecule has 1 fully saturated rings. The van der Waals surface area contributed by atoms with Gasteiger partial charge in [-0.15, -0.1) is 0 Å². The van der Waals surface area contributed by atoms with Crippen LogP contribution < -0.4 is 4.90 Å². The molecule has 0 N–H and O–H groups in total. The lowest BCUT2D eigenvalue weighted by Gasteiger charge is -2.39. The van der Waals surface area contributed by atoms with Crippen LogP contribution in [-0.2, 0) is 16.1 Å². The van der Waals surface area contributed by atoms with Gasteiger partial charge < -0.3 is 9.80 Å². The van der Waals surface area contributed by atoms with Crippen LogP contribution in [0.1, 0.15) is 25.3 Å². The molecule has 1 unspecified atom stereocenters. The number of nitrogens with zero attached hydrogens (tertiary/aromatic N) is 5. The van der Waals surface area contributed by atoms with Crippen LogP contribution in [0.4, 0.5) is 5.69 Å². The Hall–Kier alpha value is -2.70. The average Bonchev–Trinajstić information content (AvgIpc) is 3.11. The van der Waals surface area contributed by atoms with Crippen LogP contribution >= 0.6 is 0 Å². The molecule has 1 aromatic heterocycles. The number of carbonyl (C=O) groups excluding carboxylic acids is 2. The van der Waals surface area contributed by atoms with Crippen molar-refractivity contribution in [2.45, 2.75) is 39.3 Å². The Labute approximate surface area is 147 Å². The lowest BCUT2D eigenvalue weighted by Crippen LogP contribution is -2.57. The molecule has 2 aromatic rings. The molecule has 7 nitrogen and oxygen atoms in total. The van der Waals surface area contributed by atoms with E-state index in [0.29, 0.717) is 25.9 Å². The number of aromatic nitrogens is 3. The van der Waals surface area contributed by atoms with E-state index in [0.717, 1.165) is 11.3 Å². The van der Waals surface area contributed by atoms with Crippen LogP contribution in [0.25, 0.3) is 0 Å². The molecule has 132 valence electrons. The highest BCUT2D eigenvalue weighted by atomic mass is 16.2. The first-order valence-electron chi connectivity index (χ1n) is 8.53. The van der Waals surface area contributed by atoms with Crippen molar-refractivity contribution in [3.8, 4) is 0 Å². The highest BCUT2D eigenvalue weighted by Crippen LogP contribution is 2.21. The lowest BCUT2D eigenvalue weighted by atomic mass is 10.1. The van der Waals surface area contributed by atoms with Gasteiger partial charge in [0.25, 0.3) is 0 Å². The van der Waals surface area contributed by atoms with E-state index in [2.05, 4.69) is 10.1 Å². The maximum atomic E-state index is 12.5. The Morgan fingerprint density at radius 3 is 2.72 bits per heavy atom. The zero-order chi connectivity index (χ0) is 17.8. The van der Waals surface area contributed by atoms with Crippen molar-refractivity contribution in [3.63, 3.8) is 0 Å². The molecule has 1 saturated heterocycles. The van der Waals surface area contributed by atoms with Gasteiger partial charge in [-0.05, 0) is 32.4 Å². The summed E-state index contributed by atoms with van der Waals surface area (Å²) >= 11 is 0. The first-order chi connectivity index (χ1) is 12.0. The number of carbonyl (C=O) groups is 2. The van der Waals surface area contributed by atoms with E-state index >= 15 is 0 Å². The maximum absolute atomic E-state index is 12.5. The molecular weight excluding hydrogens is 318 g/mol. The van der Waals surface area contributed by atoms with Crippen LogP contribution in [0.15, 0.2) is 36.9 Å². The SMILES string of the molecule is Cc1ccc(N2CC(C)N(C(=O)CCCn3cncn3)CC2=O)cc1. The van der Waals surface area contributed by atoms with Crippen molar-refractivity contribution < 1.29 is 9.59 Å². The van der Waals surface area contributed by atoms with Gasteiger partial charge in [0, 0.05) is 31.2 Å². The topological polar surface area (TPSA) is 71.3 Å². The van der Waals surface area contributed by atoms with Gasteiger partial charge in [0.05, 0.1) is 0 Å². The summed E-state index contributed by atoms with van der Waals surface area (Å²) in [5, 5.41) is 4.02. The molecule has 0 bridgehead atoms. The fourth-order valence-electron chi connectivity index (χ4n) is 3.04. The van der Waals surface area contributed by atoms with Crippen molar-refractivity contribution in [1.29, 1.82) is 0 Å². The fourth-order valence-corrected chi connectivity index (χ4v) is 3.04.